The topological polar surface area (TPSA) is 29.1 Å². The average molecular weight is 286 g/mol. The lowest BCUT2D eigenvalue weighted by atomic mass is 10.1. The highest BCUT2D eigenvalue weighted by atomic mass is 35.5. The average Bonchev–Trinajstić information content (AvgIpc) is 2.83. The van der Waals surface area contributed by atoms with Gasteiger partial charge in [-0.15, -0.1) is 11.6 Å². The van der Waals surface area contributed by atoms with Crippen LogP contribution in [0.25, 0.3) is 11.1 Å². The molecule has 0 aliphatic heterocycles. The molecule has 1 atom stereocenters. The van der Waals surface area contributed by atoms with E-state index >= 15 is 0 Å². The quantitative estimate of drug-likeness (QED) is 0.722. The monoisotopic (exact) mass is 285 g/mol. The number of fused-ring (bicyclic) bond motifs is 3. The van der Waals surface area contributed by atoms with Crippen LogP contribution in [0.1, 0.15) is 18.1 Å². The van der Waals surface area contributed by atoms with Crippen LogP contribution in [0.3, 0.4) is 0 Å². The summed E-state index contributed by atoms with van der Waals surface area (Å²) in [4.78, 5) is 11.9. The molecule has 0 saturated heterocycles. The van der Waals surface area contributed by atoms with Gasteiger partial charge in [0.05, 0.1) is 0 Å². The smallest absolute Gasteiger partial charge is 0.228 e. The maximum Gasteiger partial charge on any atom is 0.228 e. The van der Waals surface area contributed by atoms with Gasteiger partial charge < -0.3 is 5.32 Å². The van der Waals surface area contributed by atoms with Gasteiger partial charge in [-0.3, -0.25) is 4.79 Å². The van der Waals surface area contributed by atoms with Gasteiger partial charge in [-0.25, -0.2) is 0 Å². The molecule has 0 saturated carbocycles. The Morgan fingerprint density at radius 2 is 1.95 bits per heavy atom. The van der Waals surface area contributed by atoms with Crippen molar-refractivity contribution in [2.24, 2.45) is 5.92 Å². The van der Waals surface area contributed by atoms with Gasteiger partial charge in [0.1, 0.15) is 0 Å². The van der Waals surface area contributed by atoms with Gasteiger partial charge in [-0.05, 0) is 40.8 Å². The maximum absolute atomic E-state index is 11.9. The van der Waals surface area contributed by atoms with Gasteiger partial charge in [-0.2, -0.15) is 0 Å². The first-order valence-electron chi connectivity index (χ1n) is 6.77. The molecule has 0 spiro atoms. The first-order valence-corrected chi connectivity index (χ1v) is 7.30. The van der Waals surface area contributed by atoms with Crippen molar-refractivity contribution in [1.82, 2.24) is 0 Å². The van der Waals surface area contributed by atoms with E-state index in [1.54, 1.807) is 0 Å². The Morgan fingerprint density at radius 3 is 2.75 bits per heavy atom. The van der Waals surface area contributed by atoms with Crippen LogP contribution in [0.2, 0.25) is 0 Å². The second-order valence-electron chi connectivity index (χ2n) is 5.25. The van der Waals surface area contributed by atoms with Crippen LogP contribution in [0.4, 0.5) is 5.69 Å². The first-order chi connectivity index (χ1) is 9.69. The fraction of sp³-hybridized carbons (Fsp3) is 0.235. The predicted molar refractivity (Wildman–Crippen MR) is 83.2 cm³/mol. The second-order valence-corrected chi connectivity index (χ2v) is 5.56. The van der Waals surface area contributed by atoms with Crippen molar-refractivity contribution in [2.45, 2.75) is 13.3 Å². The summed E-state index contributed by atoms with van der Waals surface area (Å²) in [6, 6.07) is 14.5. The third-order valence-corrected chi connectivity index (χ3v) is 4.20. The Kier molecular flexibility index (Phi) is 3.49. The lowest BCUT2D eigenvalue weighted by molar-refractivity contribution is -0.118. The number of carbonyl (C=O) groups is 1. The van der Waals surface area contributed by atoms with Crippen molar-refractivity contribution in [3.8, 4) is 11.1 Å². The molecular weight excluding hydrogens is 270 g/mol. The van der Waals surface area contributed by atoms with Gasteiger partial charge in [0, 0.05) is 17.5 Å². The van der Waals surface area contributed by atoms with E-state index in [9.17, 15) is 4.79 Å². The molecule has 0 fully saturated rings. The van der Waals surface area contributed by atoms with E-state index in [0.29, 0.717) is 5.88 Å². The molecule has 2 nitrogen and oxygen atoms in total. The minimum Gasteiger partial charge on any atom is -0.326 e. The number of anilines is 1. The highest BCUT2D eigenvalue weighted by Crippen LogP contribution is 2.37. The van der Waals surface area contributed by atoms with Crippen LogP contribution in [0.5, 0.6) is 0 Å². The number of rotatable bonds is 3. The number of carbonyl (C=O) groups excluding carboxylic acids is 1. The zero-order chi connectivity index (χ0) is 14.1. The molecule has 0 bridgehead atoms. The molecule has 3 heteroatoms. The van der Waals surface area contributed by atoms with Crippen molar-refractivity contribution in [3.63, 3.8) is 0 Å². The molecule has 102 valence electrons. The fourth-order valence-corrected chi connectivity index (χ4v) is 2.70. The largest absolute Gasteiger partial charge is 0.326 e. The SMILES string of the molecule is CC(CCl)C(=O)Nc1ccc2c(c1)Cc1ccccc1-2. The van der Waals surface area contributed by atoms with Crippen LogP contribution < -0.4 is 5.32 Å². The minimum atomic E-state index is -0.179. The van der Waals surface area contributed by atoms with Crippen molar-refractivity contribution in [2.75, 3.05) is 11.2 Å². The van der Waals surface area contributed by atoms with E-state index in [-0.39, 0.29) is 11.8 Å². The zero-order valence-corrected chi connectivity index (χ0v) is 12.1. The van der Waals surface area contributed by atoms with Gasteiger partial charge in [0.2, 0.25) is 5.91 Å². The van der Waals surface area contributed by atoms with Crippen molar-refractivity contribution < 1.29 is 4.79 Å². The third kappa shape index (κ3) is 2.32. The molecular formula is C17H16ClNO. The van der Waals surface area contributed by atoms with Crippen LogP contribution in [-0.2, 0) is 11.2 Å². The molecule has 20 heavy (non-hydrogen) atoms. The molecule has 0 aromatic heterocycles. The summed E-state index contributed by atoms with van der Waals surface area (Å²) < 4.78 is 0. The lowest BCUT2D eigenvalue weighted by Crippen LogP contribution is -2.21. The van der Waals surface area contributed by atoms with Crippen LogP contribution in [0, 0.1) is 5.92 Å². The molecule has 1 unspecified atom stereocenters. The number of amides is 1. The number of nitrogens with one attached hydrogen (secondary N) is 1. The van der Waals surface area contributed by atoms with Crippen molar-refractivity contribution in [1.29, 1.82) is 0 Å². The second kappa shape index (κ2) is 5.29. The molecule has 0 heterocycles. The Hall–Kier alpha value is -1.80. The van der Waals surface area contributed by atoms with E-state index in [1.165, 1.54) is 22.3 Å². The molecule has 3 rings (SSSR count). The van der Waals surface area contributed by atoms with E-state index < -0.39 is 0 Å². The summed E-state index contributed by atoms with van der Waals surface area (Å²) in [5.74, 6) is 0.125. The third-order valence-electron chi connectivity index (χ3n) is 3.74. The number of benzene rings is 2. The molecule has 1 aliphatic carbocycles. The zero-order valence-electron chi connectivity index (χ0n) is 11.3. The Labute approximate surface area is 123 Å². The summed E-state index contributed by atoms with van der Waals surface area (Å²) in [6.45, 7) is 1.82. The molecule has 1 aliphatic rings. The summed E-state index contributed by atoms with van der Waals surface area (Å²) in [5, 5.41) is 2.93. The van der Waals surface area contributed by atoms with Crippen molar-refractivity contribution >= 4 is 23.2 Å². The Morgan fingerprint density at radius 1 is 1.20 bits per heavy atom. The van der Waals surface area contributed by atoms with E-state index in [1.807, 2.05) is 13.0 Å². The fourth-order valence-electron chi connectivity index (χ4n) is 2.56. The van der Waals surface area contributed by atoms with E-state index in [2.05, 4.69) is 41.7 Å². The van der Waals surface area contributed by atoms with Gasteiger partial charge in [0.15, 0.2) is 0 Å². The maximum atomic E-state index is 11.9. The predicted octanol–water partition coefficient (Wildman–Crippen LogP) is 4.07. The standard InChI is InChI=1S/C17H16ClNO/c1-11(10-18)17(20)19-14-6-7-16-13(9-14)8-12-4-2-3-5-15(12)16/h2-7,9,11H,8,10H2,1H3,(H,19,20). The molecule has 0 radical (unpaired) electrons. The first kappa shape index (κ1) is 13.2. The number of alkyl halides is 1. The summed E-state index contributed by atoms with van der Waals surface area (Å²) in [5.41, 5.74) is 6.03. The van der Waals surface area contributed by atoms with E-state index in [0.717, 1.165) is 12.1 Å². The lowest BCUT2D eigenvalue weighted by Gasteiger charge is -2.10. The van der Waals surface area contributed by atoms with Crippen molar-refractivity contribution in [3.05, 3.63) is 53.6 Å². The van der Waals surface area contributed by atoms with Crippen LogP contribution in [-0.4, -0.2) is 11.8 Å². The van der Waals surface area contributed by atoms with E-state index in [4.69, 9.17) is 11.6 Å². The van der Waals surface area contributed by atoms with Gasteiger partial charge in [0.25, 0.3) is 0 Å². The van der Waals surface area contributed by atoms with Gasteiger partial charge >= 0.3 is 0 Å². The number of hydrogen-bond acceptors (Lipinski definition) is 1. The molecule has 1 N–H and O–H groups in total. The highest BCUT2D eigenvalue weighted by molar-refractivity contribution is 6.19. The Balaban J connectivity index is 1.86. The number of hydrogen-bond donors (Lipinski definition) is 1. The highest BCUT2D eigenvalue weighted by Gasteiger charge is 2.18. The normalized spacial score (nSPS) is 13.5. The van der Waals surface area contributed by atoms with Gasteiger partial charge in [-0.1, -0.05) is 37.3 Å². The molecule has 1 amide bonds. The Bertz CT molecular complexity index is 666. The summed E-state index contributed by atoms with van der Waals surface area (Å²) in [7, 11) is 0. The molecule has 2 aromatic rings. The summed E-state index contributed by atoms with van der Waals surface area (Å²) in [6.07, 6.45) is 0.931. The molecule has 2 aromatic carbocycles. The van der Waals surface area contributed by atoms with Crippen LogP contribution in [0.15, 0.2) is 42.5 Å². The summed E-state index contributed by atoms with van der Waals surface area (Å²) >= 11 is 5.71. The minimum absolute atomic E-state index is 0.0320. The van der Waals surface area contributed by atoms with Crippen LogP contribution >= 0.6 is 11.6 Å². The number of halogens is 1.